The molecule has 6 heteroatoms. The molecule has 0 aromatic carbocycles. The van der Waals surface area contributed by atoms with Gasteiger partial charge in [-0.1, -0.05) is 0 Å². The van der Waals surface area contributed by atoms with E-state index in [4.69, 9.17) is 10.2 Å². The lowest BCUT2D eigenvalue weighted by atomic mass is 10.4. The summed E-state index contributed by atoms with van der Waals surface area (Å²) in [5.74, 6) is -2.62. The summed E-state index contributed by atoms with van der Waals surface area (Å²) in [7, 11) is 0. The van der Waals surface area contributed by atoms with Crippen LogP contribution in [0.3, 0.4) is 0 Å². The van der Waals surface area contributed by atoms with E-state index in [0.29, 0.717) is 0 Å². The van der Waals surface area contributed by atoms with E-state index in [1.165, 1.54) is 0 Å². The number of rotatable bonds is 2. The van der Waals surface area contributed by atoms with Crippen molar-refractivity contribution in [3.8, 4) is 0 Å². The molecule has 0 saturated heterocycles. The highest BCUT2D eigenvalue weighted by atomic mass is 16.4. The van der Waals surface area contributed by atoms with Gasteiger partial charge in [-0.2, -0.15) is 0 Å². The first-order chi connectivity index (χ1) is 7.59. The van der Waals surface area contributed by atoms with E-state index in [1.807, 2.05) is 24.4 Å². The Morgan fingerprint density at radius 2 is 1.94 bits per heavy atom. The minimum absolute atomic E-state index is 0.806. The van der Waals surface area contributed by atoms with Gasteiger partial charge in [0.05, 0.1) is 11.0 Å². The molecule has 84 valence electrons. The molecule has 0 aliphatic heterocycles. The Morgan fingerprint density at radius 3 is 2.44 bits per heavy atom. The average molecular weight is 222 g/mol. The largest absolute Gasteiger partial charge is 0.481 e. The Hall–Kier alpha value is -2.37. The van der Waals surface area contributed by atoms with Crippen molar-refractivity contribution in [1.29, 1.82) is 0 Å². The summed E-state index contributed by atoms with van der Waals surface area (Å²) in [5, 5.41) is 15.4. The highest BCUT2D eigenvalue weighted by Gasteiger charge is 2.01. The summed E-state index contributed by atoms with van der Waals surface area (Å²) < 4.78 is 0. The number of carboxylic acid groups (broad SMARTS) is 2. The maximum Gasteiger partial charge on any atom is 0.314 e. The van der Waals surface area contributed by atoms with Crippen molar-refractivity contribution < 1.29 is 19.8 Å². The van der Waals surface area contributed by atoms with Gasteiger partial charge >= 0.3 is 11.9 Å². The third-order valence-corrected chi connectivity index (χ3v) is 1.62. The third-order valence-electron chi connectivity index (χ3n) is 1.62. The van der Waals surface area contributed by atoms with Gasteiger partial charge in [0.25, 0.3) is 0 Å². The van der Waals surface area contributed by atoms with Gasteiger partial charge in [-0.25, -0.2) is 0 Å². The smallest absolute Gasteiger partial charge is 0.314 e. The quantitative estimate of drug-likeness (QED) is 0.660. The van der Waals surface area contributed by atoms with Crippen molar-refractivity contribution in [3.63, 3.8) is 0 Å². The topological polar surface area (TPSA) is 103 Å². The van der Waals surface area contributed by atoms with E-state index in [9.17, 15) is 9.59 Å². The highest BCUT2D eigenvalue weighted by Crippen LogP contribution is 2.05. The number of fused-ring (bicyclic) bond motifs is 1. The monoisotopic (exact) mass is 222 g/mol. The fourth-order valence-corrected chi connectivity index (χ4v) is 1.01. The van der Waals surface area contributed by atoms with E-state index < -0.39 is 18.4 Å². The molecule has 0 aliphatic rings. The molecule has 0 fully saturated rings. The first-order valence-electron chi connectivity index (χ1n) is 4.41. The zero-order chi connectivity index (χ0) is 12.0. The fraction of sp³-hybridized carbons (Fsp3) is 0.100. The molecular weight excluding hydrogens is 212 g/mol. The van der Waals surface area contributed by atoms with Crippen LogP contribution < -0.4 is 0 Å². The zero-order valence-electron chi connectivity index (χ0n) is 8.25. The first-order valence-corrected chi connectivity index (χ1v) is 4.41. The number of H-pyrrole nitrogens is 1. The maximum absolute atomic E-state index is 9.43. The number of carbonyl (C=O) groups is 2. The molecule has 2 aromatic rings. The van der Waals surface area contributed by atoms with Crippen LogP contribution in [0.1, 0.15) is 6.42 Å². The lowest BCUT2D eigenvalue weighted by Crippen LogP contribution is -2.03. The number of nitrogens with one attached hydrogen (secondary N) is 1. The van der Waals surface area contributed by atoms with Gasteiger partial charge in [-0.05, 0) is 18.2 Å². The summed E-state index contributed by atoms with van der Waals surface area (Å²) in [6.07, 6.45) is 2.87. The molecule has 0 atom stereocenters. The molecule has 0 radical (unpaired) electrons. The van der Waals surface area contributed by atoms with Crippen LogP contribution in [0.25, 0.3) is 11.0 Å². The number of aliphatic carboxylic acids is 2. The van der Waals surface area contributed by atoms with Crippen molar-refractivity contribution in [2.24, 2.45) is 0 Å². The normalized spacial score (nSPS) is 9.25. The minimum atomic E-state index is -1.31. The number of hydrogen-bond acceptors (Lipinski definition) is 3. The van der Waals surface area contributed by atoms with Crippen LogP contribution in [0.15, 0.2) is 30.6 Å². The molecule has 0 saturated carbocycles. The number of carboxylic acids is 2. The van der Waals surface area contributed by atoms with Crippen molar-refractivity contribution in [3.05, 3.63) is 30.6 Å². The van der Waals surface area contributed by atoms with Crippen molar-refractivity contribution in [2.45, 2.75) is 6.42 Å². The number of nitrogens with zero attached hydrogens (tertiary/aromatic N) is 1. The zero-order valence-corrected chi connectivity index (χ0v) is 8.25. The average Bonchev–Trinajstić information content (AvgIpc) is 2.63. The van der Waals surface area contributed by atoms with Gasteiger partial charge < -0.3 is 15.2 Å². The molecular formula is C10H10N2O4. The predicted molar refractivity (Wildman–Crippen MR) is 56.0 cm³/mol. The summed E-state index contributed by atoms with van der Waals surface area (Å²) in [6.45, 7) is 0. The van der Waals surface area contributed by atoms with Crippen LogP contribution in [-0.4, -0.2) is 32.1 Å². The Morgan fingerprint density at radius 1 is 1.25 bits per heavy atom. The number of aromatic amines is 1. The molecule has 2 aromatic heterocycles. The Bertz CT molecular complexity index is 450. The number of hydrogen-bond donors (Lipinski definition) is 3. The predicted octanol–water partition coefficient (Wildman–Crippen LogP) is 1.11. The molecule has 16 heavy (non-hydrogen) atoms. The molecule has 2 heterocycles. The molecule has 2 rings (SSSR count). The van der Waals surface area contributed by atoms with Crippen LogP contribution in [-0.2, 0) is 9.59 Å². The van der Waals surface area contributed by atoms with Crippen LogP contribution in [0.2, 0.25) is 0 Å². The van der Waals surface area contributed by atoms with Gasteiger partial charge in [0, 0.05) is 12.4 Å². The second-order valence-corrected chi connectivity index (χ2v) is 2.88. The number of pyridine rings is 1. The molecule has 3 N–H and O–H groups in total. The molecule has 0 bridgehead atoms. The van der Waals surface area contributed by atoms with Crippen LogP contribution in [0.5, 0.6) is 0 Å². The molecule has 0 spiro atoms. The lowest BCUT2D eigenvalue weighted by molar-refractivity contribution is -0.147. The van der Waals surface area contributed by atoms with Gasteiger partial charge in [0.15, 0.2) is 0 Å². The van der Waals surface area contributed by atoms with E-state index in [1.54, 1.807) is 6.20 Å². The van der Waals surface area contributed by atoms with Crippen LogP contribution in [0.4, 0.5) is 0 Å². The van der Waals surface area contributed by atoms with Crippen molar-refractivity contribution in [1.82, 2.24) is 9.97 Å². The molecule has 0 unspecified atom stereocenters. The number of aromatic nitrogens is 2. The van der Waals surface area contributed by atoms with Crippen LogP contribution >= 0.6 is 0 Å². The van der Waals surface area contributed by atoms with Crippen LogP contribution in [0, 0.1) is 0 Å². The van der Waals surface area contributed by atoms with Gasteiger partial charge in [0.1, 0.15) is 6.42 Å². The summed E-state index contributed by atoms with van der Waals surface area (Å²) >= 11 is 0. The van der Waals surface area contributed by atoms with Gasteiger partial charge in [0.2, 0.25) is 0 Å². The molecule has 6 nitrogen and oxygen atoms in total. The summed E-state index contributed by atoms with van der Waals surface area (Å²) in [4.78, 5) is 26.0. The maximum atomic E-state index is 9.43. The van der Waals surface area contributed by atoms with E-state index >= 15 is 0 Å². The SMILES string of the molecule is O=C(O)CC(=O)O.c1cnc2cc[nH]c2c1. The van der Waals surface area contributed by atoms with E-state index in [-0.39, 0.29) is 0 Å². The summed E-state index contributed by atoms with van der Waals surface area (Å²) in [5.41, 5.74) is 2.12. The Kier molecular flexibility index (Phi) is 4.02. The standard InChI is InChI=1S/C7H6N2.C3H4O4/c1-2-6-7(8-4-1)3-5-9-6;4-2(5)1-3(6)7/h1-5,9H;1H2,(H,4,5)(H,6,7). The fourth-order valence-electron chi connectivity index (χ4n) is 1.01. The molecule has 0 aliphatic carbocycles. The third kappa shape index (κ3) is 3.79. The Balaban J connectivity index is 0.000000168. The van der Waals surface area contributed by atoms with E-state index in [2.05, 4.69) is 9.97 Å². The van der Waals surface area contributed by atoms with Crippen molar-refractivity contribution >= 4 is 23.0 Å². The lowest BCUT2D eigenvalue weighted by Gasteiger charge is -1.82. The van der Waals surface area contributed by atoms with Gasteiger partial charge in [-0.3, -0.25) is 14.6 Å². The first kappa shape index (κ1) is 11.7. The second-order valence-electron chi connectivity index (χ2n) is 2.88. The minimum Gasteiger partial charge on any atom is -0.481 e. The second kappa shape index (κ2) is 5.50. The highest BCUT2D eigenvalue weighted by molar-refractivity contribution is 5.88. The summed E-state index contributed by atoms with van der Waals surface area (Å²) in [6, 6.07) is 5.87. The van der Waals surface area contributed by atoms with Crippen molar-refractivity contribution in [2.75, 3.05) is 0 Å². The van der Waals surface area contributed by atoms with Gasteiger partial charge in [-0.15, -0.1) is 0 Å². The molecule has 0 amide bonds. The van der Waals surface area contributed by atoms with E-state index in [0.717, 1.165) is 11.0 Å². The Labute approximate surface area is 90.6 Å².